The third-order valence-corrected chi connectivity index (χ3v) is 4.00. The first kappa shape index (κ1) is 14.6. The summed E-state index contributed by atoms with van der Waals surface area (Å²) < 4.78 is 0.833. The fourth-order valence-electron chi connectivity index (χ4n) is 2.25. The van der Waals surface area contributed by atoms with Crippen LogP contribution in [0, 0.1) is 19.3 Å². The average molecular weight is 332 g/mol. The monoisotopic (exact) mass is 331 g/mol. The minimum Gasteiger partial charge on any atom is -0.384 e. The van der Waals surface area contributed by atoms with Gasteiger partial charge in [-0.05, 0) is 59.6 Å². The summed E-state index contributed by atoms with van der Waals surface area (Å²) in [5.41, 5.74) is 11.0. The van der Waals surface area contributed by atoms with Gasteiger partial charge in [-0.15, -0.1) is 0 Å². The number of nitrogens with zero attached hydrogens (tertiary/aromatic N) is 1. The molecule has 2 aromatic rings. The lowest BCUT2D eigenvalue weighted by atomic mass is 10.1. The van der Waals surface area contributed by atoms with Crippen LogP contribution in [0.3, 0.4) is 0 Å². The van der Waals surface area contributed by atoms with Crippen molar-refractivity contribution in [1.82, 2.24) is 0 Å². The van der Waals surface area contributed by atoms with E-state index in [4.69, 9.17) is 11.1 Å². The van der Waals surface area contributed by atoms with E-state index in [0.29, 0.717) is 5.56 Å². The predicted molar refractivity (Wildman–Crippen MR) is 89.1 cm³/mol. The van der Waals surface area contributed by atoms with E-state index in [1.165, 1.54) is 11.1 Å². The molecule has 3 nitrogen and oxygen atoms in total. The first-order valence-electron chi connectivity index (χ1n) is 6.35. The number of halogens is 1. The number of nitrogens with two attached hydrogens (primary N) is 1. The van der Waals surface area contributed by atoms with Crippen LogP contribution in [0.15, 0.2) is 40.9 Å². The van der Waals surface area contributed by atoms with E-state index in [0.717, 1.165) is 15.8 Å². The zero-order chi connectivity index (χ0) is 14.9. The van der Waals surface area contributed by atoms with Crippen molar-refractivity contribution < 1.29 is 0 Å². The molecule has 0 bridgehead atoms. The zero-order valence-corrected chi connectivity index (χ0v) is 13.5. The molecule has 0 amide bonds. The lowest BCUT2D eigenvalue weighted by molar-refractivity contribution is 1.17. The molecule has 0 atom stereocenters. The van der Waals surface area contributed by atoms with E-state index in [2.05, 4.69) is 52.9 Å². The van der Waals surface area contributed by atoms with E-state index in [9.17, 15) is 0 Å². The molecule has 0 heterocycles. The lowest BCUT2D eigenvalue weighted by Gasteiger charge is -2.22. The highest BCUT2D eigenvalue weighted by atomic mass is 79.9. The van der Waals surface area contributed by atoms with Gasteiger partial charge in [0.1, 0.15) is 5.84 Å². The van der Waals surface area contributed by atoms with Crippen molar-refractivity contribution in [2.45, 2.75) is 13.8 Å². The predicted octanol–water partition coefficient (Wildman–Crippen LogP) is 4.12. The molecule has 0 aliphatic carbocycles. The molecule has 0 unspecified atom stereocenters. The van der Waals surface area contributed by atoms with Crippen molar-refractivity contribution in [2.75, 3.05) is 11.9 Å². The van der Waals surface area contributed by atoms with Crippen LogP contribution in [0.25, 0.3) is 0 Å². The van der Waals surface area contributed by atoms with Gasteiger partial charge in [-0.3, -0.25) is 5.41 Å². The van der Waals surface area contributed by atoms with Crippen LogP contribution in [0.5, 0.6) is 0 Å². The molecule has 2 rings (SSSR count). The summed E-state index contributed by atoms with van der Waals surface area (Å²) in [6.45, 7) is 4.20. The van der Waals surface area contributed by atoms with Crippen LogP contribution >= 0.6 is 15.9 Å². The largest absolute Gasteiger partial charge is 0.384 e. The maximum Gasteiger partial charge on any atom is 0.123 e. The highest BCUT2D eigenvalue weighted by Crippen LogP contribution is 2.30. The Bertz CT molecular complexity index is 665. The summed E-state index contributed by atoms with van der Waals surface area (Å²) in [4.78, 5) is 2.13. The van der Waals surface area contributed by atoms with Crippen molar-refractivity contribution in [2.24, 2.45) is 5.73 Å². The molecule has 0 radical (unpaired) electrons. The SMILES string of the molecule is Cc1ccc(N(C)c2ccc(C(=N)N)c(Br)c2)c(C)c1. The van der Waals surface area contributed by atoms with Gasteiger partial charge in [0.2, 0.25) is 0 Å². The molecule has 0 aliphatic rings. The van der Waals surface area contributed by atoms with Gasteiger partial charge in [0, 0.05) is 28.5 Å². The average Bonchev–Trinajstić information content (AvgIpc) is 2.37. The second-order valence-corrected chi connectivity index (χ2v) is 5.78. The van der Waals surface area contributed by atoms with Gasteiger partial charge in [-0.2, -0.15) is 0 Å². The van der Waals surface area contributed by atoms with Gasteiger partial charge in [0.15, 0.2) is 0 Å². The molecule has 0 spiro atoms. The van der Waals surface area contributed by atoms with E-state index in [1.54, 1.807) is 0 Å². The number of anilines is 2. The van der Waals surface area contributed by atoms with E-state index >= 15 is 0 Å². The van der Waals surface area contributed by atoms with E-state index in [-0.39, 0.29) is 5.84 Å². The fourth-order valence-corrected chi connectivity index (χ4v) is 2.83. The minimum atomic E-state index is 0.0672. The van der Waals surface area contributed by atoms with Crippen molar-refractivity contribution in [3.05, 3.63) is 57.6 Å². The molecular weight excluding hydrogens is 314 g/mol. The van der Waals surface area contributed by atoms with Crippen LogP contribution in [0.2, 0.25) is 0 Å². The summed E-state index contributed by atoms with van der Waals surface area (Å²) in [5, 5.41) is 7.51. The summed E-state index contributed by atoms with van der Waals surface area (Å²) in [7, 11) is 2.03. The molecular formula is C16H18BrN3. The first-order chi connectivity index (χ1) is 9.40. The number of aryl methyl sites for hydroxylation is 2. The van der Waals surface area contributed by atoms with Crippen molar-refractivity contribution in [3.63, 3.8) is 0 Å². The molecule has 104 valence electrons. The Kier molecular flexibility index (Phi) is 4.14. The van der Waals surface area contributed by atoms with Gasteiger partial charge in [0.25, 0.3) is 0 Å². The quantitative estimate of drug-likeness (QED) is 0.656. The zero-order valence-electron chi connectivity index (χ0n) is 11.9. The number of amidine groups is 1. The Balaban J connectivity index is 2.40. The third kappa shape index (κ3) is 2.85. The molecule has 0 saturated carbocycles. The molecule has 0 aromatic heterocycles. The molecule has 2 aromatic carbocycles. The van der Waals surface area contributed by atoms with Gasteiger partial charge in [-0.1, -0.05) is 17.7 Å². The first-order valence-corrected chi connectivity index (χ1v) is 7.14. The van der Waals surface area contributed by atoms with Crippen molar-refractivity contribution in [1.29, 1.82) is 5.41 Å². The maximum absolute atomic E-state index is 7.51. The van der Waals surface area contributed by atoms with Crippen LogP contribution in [-0.4, -0.2) is 12.9 Å². The molecule has 0 aliphatic heterocycles. The summed E-state index contributed by atoms with van der Waals surface area (Å²) in [6, 6.07) is 12.2. The molecule has 3 N–H and O–H groups in total. The lowest BCUT2D eigenvalue weighted by Crippen LogP contribution is -2.14. The van der Waals surface area contributed by atoms with Gasteiger partial charge < -0.3 is 10.6 Å². The second kappa shape index (κ2) is 5.67. The van der Waals surface area contributed by atoms with Crippen LogP contribution in [-0.2, 0) is 0 Å². The normalized spacial score (nSPS) is 10.4. The van der Waals surface area contributed by atoms with Crippen LogP contribution in [0.4, 0.5) is 11.4 Å². The summed E-state index contributed by atoms with van der Waals surface area (Å²) >= 11 is 3.47. The van der Waals surface area contributed by atoms with Crippen LogP contribution in [0.1, 0.15) is 16.7 Å². The Hall–Kier alpha value is -1.81. The third-order valence-electron chi connectivity index (χ3n) is 3.34. The number of hydrogen-bond donors (Lipinski definition) is 2. The maximum atomic E-state index is 7.51. The summed E-state index contributed by atoms with van der Waals surface area (Å²) in [5.74, 6) is 0.0672. The minimum absolute atomic E-state index is 0.0672. The Labute approximate surface area is 128 Å². The molecule has 20 heavy (non-hydrogen) atoms. The molecule has 0 saturated heterocycles. The number of benzene rings is 2. The number of nitrogen functional groups attached to an aromatic ring is 1. The van der Waals surface area contributed by atoms with Crippen LogP contribution < -0.4 is 10.6 Å². The number of rotatable bonds is 3. The smallest absolute Gasteiger partial charge is 0.123 e. The second-order valence-electron chi connectivity index (χ2n) is 4.93. The van der Waals surface area contributed by atoms with Gasteiger partial charge in [-0.25, -0.2) is 0 Å². The van der Waals surface area contributed by atoms with Gasteiger partial charge >= 0.3 is 0 Å². The topological polar surface area (TPSA) is 53.1 Å². The van der Waals surface area contributed by atoms with Crippen molar-refractivity contribution >= 4 is 33.1 Å². The fraction of sp³-hybridized carbons (Fsp3) is 0.188. The number of hydrogen-bond acceptors (Lipinski definition) is 2. The Morgan fingerprint density at radius 1 is 1.15 bits per heavy atom. The summed E-state index contributed by atoms with van der Waals surface area (Å²) in [6.07, 6.45) is 0. The highest BCUT2D eigenvalue weighted by molar-refractivity contribution is 9.10. The molecule has 0 fully saturated rings. The van der Waals surface area contributed by atoms with E-state index < -0.39 is 0 Å². The Morgan fingerprint density at radius 2 is 1.85 bits per heavy atom. The number of nitrogens with one attached hydrogen (secondary N) is 1. The van der Waals surface area contributed by atoms with Crippen molar-refractivity contribution in [3.8, 4) is 0 Å². The van der Waals surface area contributed by atoms with Gasteiger partial charge in [0.05, 0.1) is 0 Å². The molecule has 4 heteroatoms. The van der Waals surface area contributed by atoms with E-state index in [1.807, 2.05) is 25.2 Å². The standard InChI is InChI=1S/C16H18BrN3/c1-10-4-7-15(11(2)8-10)20(3)12-5-6-13(16(18)19)14(17)9-12/h4-9H,1-3H3,(H3,18,19). The highest BCUT2D eigenvalue weighted by Gasteiger charge is 2.10. The Morgan fingerprint density at radius 3 is 2.40 bits per heavy atom.